The molecule has 0 heterocycles. The lowest BCUT2D eigenvalue weighted by Crippen LogP contribution is -2.38. The van der Waals surface area contributed by atoms with E-state index in [1.807, 2.05) is 12.1 Å². The van der Waals surface area contributed by atoms with Gasteiger partial charge in [0.05, 0.1) is 6.61 Å². The summed E-state index contributed by atoms with van der Waals surface area (Å²) >= 11 is 0. The van der Waals surface area contributed by atoms with Crippen molar-refractivity contribution in [1.82, 2.24) is 5.43 Å². The third-order valence-corrected chi connectivity index (χ3v) is 3.80. The maximum Gasteiger partial charge on any atom is 0.119 e. The van der Waals surface area contributed by atoms with E-state index in [4.69, 9.17) is 10.6 Å². The monoisotopic (exact) mass is 248 g/mol. The Morgan fingerprint density at radius 3 is 2.89 bits per heavy atom. The first kappa shape index (κ1) is 13.4. The largest absolute Gasteiger partial charge is 0.494 e. The Morgan fingerprint density at radius 1 is 1.44 bits per heavy atom. The molecule has 3 heteroatoms. The number of ether oxygens (including phenoxy) is 1. The van der Waals surface area contributed by atoms with Crippen molar-refractivity contribution < 1.29 is 4.74 Å². The molecule has 1 aliphatic rings. The molecular formula is C15H24N2O. The minimum atomic E-state index is 0.389. The number of nitrogens with two attached hydrogens (primary N) is 1. The fourth-order valence-electron chi connectivity index (χ4n) is 2.42. The highest BCUT2D eigenvalue weighted by molar-refractivity contribution is 5.27. The molecule has 0 amide bonds. The predicted octanol–water partition coefficient (Wildman–Crippen LogP) is 2.79. The fourth-order valence-corrected chi connectivity index (χ4v) is 2.42. The van der Waals surface area contributed by atoms with Gasteiger partial charge in [-0.2, -0.15) is 0 Å². The van der Waals surface area contributed by atoms with Crippen LogP contribution in [-0.2, 0) is 0 Å². The molecule has 2 rings (SSSR count). The molecule has 1 unspecified atom stereocenters. The molecule has 0 aromatic heterocycles. The first-order valence-electron chi connectivity index (χ1n) is 6.93. The Hall–Kier alpha value is -1.06. The topological polar surface area (TPSA) is 47.3 Å². The lowest BCUT2D eigenvalue weighted by molar-refractivity contribution is 0.227. The van der Waals surface area contributed by atoms with Crippen molar-refractivity contribution in [1.29, 1.82) is 0 Å². The number of nitrogens with one attached hydrogen (secondary N) is 1. The Balaban J connectivity index is 1.69. The number of hydrazine groups is 1. The van der Waals surface area contributed by atoms with Crippen molar-refractivity contribution in [2.45, 2.75) is 45.1 Å². The minimum Gasteiger partial charge on any atom is -0.494 e. The molecule has 0 saturated heterocycles. The Bertz CT molecular complexity index is 363. The van der Waals surface area contributed by atoms with Gasteiger partial charge in [-0.15, -0.1) is 0 Å². The summed E-state index contributed by atoms with van der Waals surface area (Å²) in [5, 5.41) is 0. The third-order valence-electron chi connectivity index (χ3n) is 3.80. The second-order valence-corrected chi connectivity index (χ2v) is 5.35. The molecule has 18 heavy (non-hydrogen) atoms. The molecule has 1 aromatic rings. The summed E-state index contributed by atoms with van der Waals surface area (Å²) in [6.45, 7) is 2.80. The van der Waals surface area contributed by atoms with Crippen molar-refractivity contribution in [2.75, 3.05) is 6.61 Å². The maximum absolute atomic E-state index is 5.76. The van der Waals surface area contributed by atoms with Crippen molar-refractivity contribution in [2.24, 2.45) is 11.8 Å². The van der Waals surface area contributed by atoms with E-state index < -0.39 is 0 Å². The second kappa shape index (κ2) is 6.76. The highest BCUT2D eigenvalue weighted by atomic mass is 16.5. The number of hydrogen-bond acceptors (Lipinski definition) is 3. The van der Waals surface area contributed by atoms with Gasteiger partial charge in [0.25, 0.3) is 0 Å². The summed E-state index contributed by atoms with van der Waals surface area (Å²) in [7, 11) is 0. The van der Waals surface area contributed by atoms with Crippen LogP contribution in [0.1, 0.15) is 37.7 Å². The van der Waals surface area contributed by atoms with E-state index in [1.165, 1.54) is 31.2 Å². The Morgan fingerprint density at radius 2 is 2.28 bits per heavy atom. The summed E-state index contributed by atoms with van der Waals surface area (Å²) in [5.41, 5.74) is 4.15. The molecule has 0 radical (unpaired) electrons. The van der Waals surface area contributed by atoms with Crippen LogP contribution in [0, 0.1) is 12.8 Å². The summed E-state index contributed by atoms with van der Waals surface area (Å²) in [5.74, 6) is 7.43. The molecule has 3 nitrogen and oxygen atoms in total. The lowest BCUT2D eigenvalue weighted by atomic mass is 9.80. The van der Waals surface area contributed by atoms with Gasteiger partial charge >= 0.3 is 0 Å². The molecule has 0 spiro atoms. The molecule has 3 N–H and O–H groups in total. The van der Waals surface area contributed by atoms with Crippen molar-refractivity contribution in [3.05, 3.63) is 29.8 Å². The van der Waals surface area contributed by atoms with Crippen LogP contribution >= 0.6 is 0 Å². The predicted molar refractivity (Wildman–Crippen MR) is 74.4 cm³/mol. The van der Waals surface area contributed by atoms with Crippen LogP contribution in [0.3, 0.4) is 0 Å². The molecule has 1 saturated carbocycles. The molecule has 1 atom stereocenters. The van der Waals surface area contributed by atoms with Crippen LogP contribution in [0.2, 0.25) is 0 Å². The number of aryl methyl sites for hydroxylation is 1. The summed E-state index contributed by atoms with van der Waals surface area (Å²) < 4.78 is 5.76. The smallest absolute Gasteiger partial charge is 0.119 e. The van der Waals surface area contributed by atoms with Crippen molar-refractivity contribution in [3.8, 4) is 5.75 Å². The van der Waals surface area contributed by atoms with Gasteiger partial charge in [0, 0.05) is 6.04 Å². The third kappa shape index (κ3) is 4.00. The second-order valence-electron chi connectivity index (χ2n) is 5.35. The van der Waals surface area contributed by atoms with Gasteiger partial charge in [-0.3, -0.25) is 11.3 Å². The molecular weight excluding hydrogens is 224 g/mol. The van der Waals surface area contributed by atoms with E-state index in [0.29, 0.717) is 6.04 Å². The number of rotatable bonds is 7. The van der Waals surface area contributed by atoms with Gasteiger partial charge in [-0.1, -0.05) is 31.4 Å². The normalized spacial score (nSPS) is 17.2. The number of benzene rings is 1. The van der Waals surface area contributed by atoms with Crippen LogP contribution in [0.5, 0.6) is 5.75 Å². The van der Waals surface area contributed by atoms with E-state index >= 15 is 0 Å². The average molecular weight is 248 g/mol. The van der Waals surface area contributed by atoms with E-state index in [1.54, 1.807) is 0 Å². The quantitative estimate of drug-likeness (QED) is 0.576. The van der Waals surface area contributed by atoms with E-state index in [0.717, 1.165) is 24.7 Å². The fraction of sp³-hybridized carbons (Fsp3) is 0.600. The molecule has 0 aliphatic heterocycles. The summed E-state index contributed by atoms with van der Waals surface area (Å²) in [6, 6.07) is 8.56. The molecule has 0 bridgehead atoms. The van der Waals surface area contributed by atoms with Gasteiger partial charge in [-0.25, -0.2) is 0 Å². The summed E-state index contributed by atoms with van der Waals surface area (Å²) in [4.78, 5) is 0. The Kier molecular flexibility index (Phi) is 5.02. The zero-order valence-electron chi connectivity index (χ0n) is 11.2. The zero-order chi connectivity index (χ0) is 12.8. The van der Waals surface area contributed by atoms with Crippen LogP contribution in [0.15, 0.2) is 24.3 Å². The average Bonchev–Trinajstić information content (AvgIpc) is 2.31. The van der Waals surface area contributed by atoms with E-state index in [9.17, 15) is 0 Å². The highest BCUT2D eigenvalue weighted by Crippen LogP contribution is 2.30. The minimum absolute atomic E-state index is 0.389. The van der Waals surface area contributed by atoms with Crippen LogP contribution < -0.4 is 16.0 Å². The molecule has 1 fully saturated rings. The maximum atomic E-state index is 5.76. The van der Waals surface area contributed by atoms with Gasteiger partial charge in [0.15, 0.2) is 0 Å². The van der Waals surface area contributed by atoms with Crippen LogP contribution in [0.4, 0.5) is 0 Å². The van der Waals surface area contributed by atoms with Gasteiger partial charge < -0.3 is 4.74 Å². The van der Waals surface area contributed by atoms with Crippen molar-refractivity contribution >= 4 is 0 Å². The lowest BCUT2D eigenvalue weighted by Gasteiger charge is -2.29. The van der Waals surface area contributed by atoms with E-state index in [-0.39, 0.29) is 0 Å². The Labute approximate surface area is 110 Å². The molecule has 1 aliphatic carbocycles. The van der Waals surface area contributed by atoms with Gasteiger partial charge in [0.1, 0.15) is 5.75 Å². The SMILES string of the molecule is Cc1cccc(OCCC(CC2CCC2)NN)c1. The highest BCUT2D eigenvalue weighted by Gasteiger charge is 2.21. The standard InChI is InChI=1S/C15H24N2O/c1-12-4-2-7-15(10-12)18-9-8-14(17-16)11-13-5-3-6-13/h2,4,7,10,13-14,17H,3,5-6,8-9,11,16H2,1H3. The van der Waals surface area contributed by atoms with Crippen LogP contribution in [-0.4, -0.2) is 12.6 Å². The summed E-state index contributed by atoms with van der Waals surface area (Å²) in [6.07, 6.45) is 6.30. The van der Waals surface area contributed by atoms with Gasteiger partial charge in [-0.05, 0) is 43.4 Å². The van der Waals surface area contributed by atoms with Crippen LogP contribution in [0.25, 0.3) is 0 Å². The molecule has 1 aromatic carbocycles. The van der Waals surface area contributed by atoms with Gasteiger partial charge in [0.2, 0.25) is 0 Å². The van der Waals surface area contributed by atoms with Crippen molar-refractivity contribution in [3.63, 3.8) is 0 Å². The zero-order valence-corrected chi connectivity index (χ0v) is 11.2. The number of hydrogen-bond donors (Lipinski definition) is 2. The molecule has 100 valence electrons. The first-order valence-corrected chi connectivity index (χ1v) is 6.93. The van der Waals surface area contributed by atoms with E-state index in [2.05, 4.69) is 24.5 Å². The first-order chi connectivity index (χ1) is 8.78.